The lowest BCUT2D eigenvalue weighted by Gasteiger charge is -2.42. The van der Waals surface area contributed by atoms with Crippen molar-refractivity contribution in [1.29, 1.82) is 0 Å². The molecule has 4 heterocycles. The Hall–Kier alpha value is -1.01. The fourth-order valence-corrected chi connectivity index (χ4v) is 4.99. The molecule has 5 atom stereocenters. The summed E-state index contributed by atoms with van der Waals surface area (Å²) >= 11 is 0. The van der Waals surface area contributed by atoms with Gasteiger partial charge in [0.2, 0.25) is 0 Å². The smallest absolute Gasteiger partial charge is 0.410 e. The third-order valence-corrected chi connectivity index (χ3v) is 7.18. The maximum atomic E-state index is 12.1. The van der Waals surface area contributed by atoms with E-state index in [4.69, 9.17) is 20.0 Å². The fraction of sp³-hybridized carbons (Fsp3) is 0.950. The van der Waals surface area contributed by atoms with E-state index in [1.165, 1.54) is 0 Å². The maximum absolute atomic E-state index is 12.1. The van der Waals surface area contributed by atoms with Crippen LogP contribution in [0, 0.1) is 11.8 Å². The van der Waals surface area contributed by atoms with Gasteiger partial charge in [-0.2, -0.15) is 5.48 Å². The lowest BCUT2D eigenvalue weighted by atomic mass is 9.87. The number of likely N-dealkylation sites (tertiary alicyclic amines) is 1. The number of carbonyl (C=O) groups excluding carboxylic acids is 1. The van der Waals surface area contributed by atoms with Crippen molar-refractivity contribution in [3.63, 3.8) is 0 Å². The van der Waals surface area contributed by atoms with Gasteiger partial charge in [0.15, 0.2) is 0 Å². The van der Waals surface area contributed by atoms with Gasteiger partial charge in [-0.15, -0.1) is 0 Å². The number of rotatable bonds is 6. The van der Waals surface area contributed by atoms with Crippen molar-refractivity contribution < 1.29 is 19.1 Å². The molecular weight excluding hydrogens is 388 g/mol. The molecule has 30 heavy (non-hydrogen) atoms. The molecule has 0 aromatic heterocycles. The van der Waals surface area contributed by atoms with Gasteiger partial charge in [-0.05, 0) is 38.0 Å². The van der Waals surface area contributed by atoms with E-state index in [0.717, 1.165) is 65.0 Å². The molecule has 4 aliphatic heterocycles. The predicted molar refractivity (Wildman–Crippen MR) is 109 cm³/mol. The Balaban J connectivity index is 1.08. The highest BCUT2D eigenvalue weighted by Crippen LogP contribution is 2.28. The van der Waals surface area contributed by atoms with E-state index >= 15 is 0 Å². The molecule has 6 N–H and O–H groups in total. The van der Waals surface area contributed by atoms with Gasteiger partial charge < -0.3 is 30.7 Å². The number of amides is 1. The summed E-state index contributed by atoms with van der Waals surface area (Å²) in [6.45, 7) is 4.58. The summed E-state index contributed by atoms with van der Waals surface area (Å²) in [5.74, 6) is 0.798. The summed E-state index contributed by atoms with van der Waals surface area (Å²) in [5, 5.41) is 11.0. The van der Waals surface area contributed by atoms with Crippen LogP contribution in [0.1, 0.15) is 32.1 Å². The predicted octanol–water partition coefficient (Wildman–Crippen LogP) is -0.932. The highest BCUT2D eigenvalue weighted by Gasteiger charge is 2.41. The van der Waals surface area contributed by atoms with Crippen LogP contribution in [0.2, 0.25) is 0 Å². The standard InChI is InChI=1S/C20H36N6O4/c21-8-17-16(23-14-10-28-11-14)7-13(9-22-17)19-24-18(25-30-19)12-3-5-26(6-4-12)20(27)29-15-1-2-15/h12-19,22-25H,1-11,21H2. The van der Waals surface area contributed by atoms with Crippen LogP contribution in [-0.2, 0) is 14.3 Å². The van der Waals surface area contributed by atoms with Crippen LogP contribution in [0.15, 0.2) is 0 Å². The van der Waals surface area contributed by atoms with E-state index in [0.29, 0.717) is 30.5 Å². The molecule has 10 heteroatoms. The first kappa shape index (κ1) is 20.9. The molecule has 0 radical (unpaired) electrons. The number of hydroxylamine groups is 1. The lowest BCUT2D eigenvalue weighted by molar-refractivity contribution is -0.0373. The minimum atomic E-state index is -0.143. The van der Waals surface area contributed by atoms with E-state index in [1.807, 2.05) is 4.90 Å². The molecule has 5 fully saturated rings. The molecule has 4 saturated heterocycles. The molecule has 0 aromatic rings. The summed E-state index contributed by atoms with van der Waals surface area (Å²) < 4.78 is 10.7. The normalized spacial score (nSPS) is 38.4. The molecular formula is C20H36N6O4. The van der Waals surface area contributed by atoms with Crippen LogP contribution in [0.3, 0.4) is 0 Å². The van der Waals surface area contributed by atoms with Crippen molar-refractivity contribution in [2.75, 3.05) is 39.4 Å². The Kier molecular flexibility index (Phi) is 6.42. The molecule has 0 spiro atoms. The summed E-state index contributed by atoms with van der Waals surface area (Å²) in [6.07, 6.45) is 5.07. The zero-order valence-corrected chi connectivity index (χ0v) is 17.6. The van der Waals surface area contributed by atoms with Crippen LogP contribution in [-0.4, -0.2) is 87.0 Å². The minimum absolute atomic E-state index is 0.0268. The fourth-order valence-electron chi connectivity index (χ4n) is 4.99. The number of nitrogens with zero attached hydrogens (tertiary/aromatic N) is 1. The van der Waals surface area contributed by atoms with E-state index in [-0.39, 0.29) is 30.6 Å². The van der Waals surface area contributed by atoms with Gasteiger partial charge in [0.25, 0.3) is 0 Å². The molecule has 1 saturated carbocycles. The molecule has 5 rings (SSSR count). The highest BCUT2D eigenvalue weighted by molar-refractivity contribution is 5.68. The number of nitrogens with two attached hydrogens (primary N) is 1. The van der Waals surface area contributed by atoms with Crippen LogP contribution >= 0.6 is 0 Å². The maximum Gasteiger partial charge on any atom is 0.410 e. The second kappa shape index (κ2) is 9.23. The van der Waals surface area contributed by atoms with Gasteiger partial charge >= 0.3 is 6.09 Å². The molecule has 0 aromatic carbocycles. The van der Waals surface area contributed by atoms with Crippen molar-refractivity contribution in [2.45, 2.75) is 68.7 Å². The number of hydrogen-bond acceptors (Lipinski definition) is 9. The van der Waals surface area contributed by atoms with Crippen molar-refractivity contribution in [2.24, 2.45) is 17.6 Å². The molecule has 1 amide bonds. The first-order valence-corrected chi connectivity index (χ1v) is 11.6. The molecule has 1 aliphatic carbocycles. The summed E-state index contributed by atoms with van der Waals surface area (Å²) in [6, 6.07) is 1.05. The third kappa shape index (κ3) is 4.74. The van der Waals surface area contributed by atoms with Crippen molar-refractivity contribution >= 4 is 6.09 Å². The first-order valence-electron chi connectivity index (χ1n) is 11.6. The zero-order valence-electron chi connectivity index (χ0n) is 17.6. The van der Waals surface area contributed by atoms with Gasteiger partial charge in [0, 0.05) is 44.2 Å². The van der Waals surface area contributed by atoms with Gasteiger partial charge in [-0.3, -0.25) is 10.2 Å². The molecule has 0 bridgehead atoms. The second-order valence-corrected chi connectivity index (χ2v) is 9.46. The average Bonchev–Trinajstić information content (AvgIpc) is 3.42. The topological polar surface area (TPSA) is 122 Å². The number of piperidine rings is 2. The summed E-state index contributed by atoms with van der Waals surface area (Å²) in [7, 11) is 0. The molecule has 5 unspecified atom stereocenters. The van der Waals surface area contributed by atoms with Crippen LogP contribution in [0.4, 0.5) is 4.79 Å². The van der Waals surface area contributed by atoms with E-state index in [2.05, 4.69) is 21.4 Å². The molecule has 10 nitrogen and oxygen atoms in total. The van der Waals surface area contributed by atoms with Crippen molar-refractivity contribution in [1.82, 2.24) is 26.3 Å². The van der Waals surface area contributed by atoms with Crippen LogP contribution in [0.25, 0.3) is 0 Å². The van der Waals surface area contributed by atoms with Crippen LogP contribution in [0.5, 0.6) is 0 Å². The van der Waals surface area contributed by atoms with Gasteiger partial charge in [0.1, 0.15) is 12.3 Å². The van der Waals surface area contributed by atoms with E-state index in [9.17, 15) is 4.79 Å². The monoisotopic (exact) mass is 424 g/mol. The summed E-state index contributed by atoms with van der Waals surface area (Å²) in [5.41, 5.74) is 9.20. The average molecular weight is 425 g/mol. The second-order valence-electron chi connectivity index (χ2n) is 9.46. The minimum Gasteiger partial charge on any atom is -0.446 e. The highest BCUT2D eigenvalue weighted by atomic mass is 16.7. The Morgan fingerprint density at radius 2 is 1.97 bits per heavy atom. The number of ether oxygens (including phenoxy) is 2. The Labute approximate surface area is 177 Å². The summed E-state index contributed by atoms with van der Waals surface area (Å²) in [4.78, 5) is 20.0. The number of nitrogens with one attached hydrogen (secondary N) is 4. The lowest BCUT2D eigenvalue weighted by Crippen LogP contribution is -2.64. The largest absolute Gasteiger partial charge is 0.446 e. The Morgan fingerprint density at radius 3 is 2.63 bits per heavy atom. The van der Waals surface area contributed by atoms with Gasteiger partial charge in [0.05, 0.1) is 25.4 Å². The van der Waals surface area contributed by atoms with Crippen molar-refractivity contribution in [3.8, 4) is 0 Å². The van der Waals surface area contributed by atoms with E-state index in [1.54, 1.807) is 0 Å². The van der Waals surface area contributed by atoms with Crippen LogP contribution < -0.4 is 27.2 Å². The quantitative estimate of drug-likeness (QED) is 0.368. The van der Waals surface area contributed by atoms with Crippen molar-refractivity contribution in [3.05, 3.63) is 0 Å². The zero-order chi connectivity index (χ0) is 20.5. The van der Waals surface area contributed by atoms with Gasteiger partial charge in [-0.25, -0.2) is 4.79 Å². The number of hydrogen-bond donors (Lipinski definition) is 5. The Bertz CT molecular complexity index is 596. The first-order chi connectivity index (χ1) is 14.7. The van der Waals surface area contributed by atoms with Gasteiger partial charge in [-0.1, -0.05) is 0 Å². The molecule has 5 aliphatic rings. The van der Waals surface area contributed by atoms with E-state index < -0.39 is 0 Å². The third-order valence-electron chi connectivity index (χ3n) is 7.18. The number of carbonyl (C=O) groups is 1. The molecule has 170 valence electrons. The Morgan fingerprint density at radius 1 is 1.17 bits per heavy atom. The SMILES string of the molecule is NCC1NCC(C2NC(C3CCN(C(=O)OC4CC4)CC3)NO2)CC1NC1COC1.